The number of nitrogens with one attached hydrogen (secondary N) is 1. The molecule has 0 bridgehead atoms. The van der Waals surface area contributed by atoms with E-state index < -0.39 is 5.82 Å². The number of aromatic nitrogens is 3. The van der Waals surface area contributed by atoms with Crippen molar-refractivity contribution in [2.45, 2.75) is 13.0 Å². The van der Waals surface area contributed by atoms with Crippen molar-refractivity contribution in [3.05, 3.63) is 58.6 Å². The first-order valence-corrected chi connectivity index (χ1v) is 9.74. The molecule has 3 aromatic rings. The van der Waals surface area contributed by atoms with E-state index in [1.54, 1.807) is 11.0 Å². The van der Waals surface area contributed by atoms with E-state index in [0.717, 1.165) is 5.56 Å². The molecule has 0 aliphatic carbocycles. The molecule has 1 amide bonds. The fourth-order valence-electron chi connectivity index (χ4n) is 3.01. The monoisotopic (exact) mass is 447 g/mol. The SMILES string of the molecule is C=CC(=O)N1CC(Oc2nc3c(Nc4ccc(Cl)c(Cl)c4F)ncnc3cc2C)C1. The van der Waals surface area contributed by atoms with Crippen LogP contribution in [0.2, 0.25) is 10.0 Å². The molecule has 1 fully saturated rings. The van der Waals surface area contributed by atoms with Crippen molar-refractivity contribution in [2.24, 2.45) is 0 Å². The molecule has 7 nitrogen and oxygen atoms in total. The van der Waals surface area contributed by atoms with Gasteiger partial charge in [-0.15, -0.1) is 0 Å². The number of carbonyl (C=O) groups excluding carboxylic acids is 1. The summed E-state index contributed by atoms with van der Waals surface area (Å²) in [7, 11) is 0. The van der Waals surface area contributed by atoms with Gasteiger partial charge in [-0.1, -0.05) is 29.8 Å². The number of pyridine rings is 1. The lowest BCUT2D eigenvalue weighted by Crippen LogP contribution is -2.55. The summed E-state index contributed by atoms with van der Waals surface area (Å²) in [6, 6.07) is 4.75. The zero-order valence-electron chi connectivity index (χ0n) is 15.8. The van der Waals surface area contributed by atoms with Gasteiger partial charge in [0, 0.05) is 5.56 Å². The van der Waals surface area contributed by atoms with Gasteiger partial charge in [0.1, 0.15) is 17.9 Å². The fourth-order valence-corrected chi connectivity index (χ4v) is 3.32. The summed E-state index contributed by atoms with van der Waals surface area (Å²) >= 11 is 11.7. The number of carbonyl (C=O) groups is 1. The summed E-state index contributed by atoms with van der Waals surface area (Å²) in [5, 5.41) is 2.82. The summed E-state index contributed by atoms with van der Waals surface area (Å²) in [4.78, 5) is 26.2. The third-order valence-electron chi connectivity index (χ3n) is 4.66. The molecule has 154 valence electrons. The van der Waals surface area contributed by atoms with E-state index in [9.17, 15) is 9.18 Å². The summed E-state index contributed by atoms with van der Waals surface area (Å²) in [6.45, 7) is 6.23. The van der Waals surface area contributed by atoms with E-state index in [-0.39, 0.29) is 27.7 Å². The Morgan fingerprint density at radius 2 is 2.13 bits per heavy atom. The second-order valence-corrected chi connectivity index (χ2v) is 7.52. The molecule has 10 heteroatoms. The Labute approximate surface area is 181 Å². The largest absolute Gasteiger partial charge is 0.470 e. The summed E-state index contributed by atoms with van der Waals surface area (Å²) < 4.78 is 20.4. The smallest absolute Gasteiger partial charge is 0.246 e. The molecular formula is C20H16Cl2FN5O2. The van der Waals surface area contributed by atoms with E-state index in [0.29, 0.717) is 35.8 Å². The van der Waals surface area contributed by atoms with Crippen LogP contribution in [-0.4, -0.2) is 45.0 Å². The highest BCUT2D eigenvalue weighted by Gasteiger charge is 2.31. The molecule has 1 aliphatic heterocycles. The van der Waals surface area contributed by atoms with Crippen molar-refractivity contribution in [3.63, 3.8) is 0 Å². The number of aryl methyl sites for hydroxylation is 1. The van der Waals surface area contributed by atoms with Gasteiger partial charge >= 0.3 is 0 Å². The van der Waals surface area contributed by atoms with Crippen LogP contribution in [0.1, 0.15) is 5.56 Å². The van der Waals surface area contributed by atoms with Crippen LogP contribution in [0.5, 0.6) is 5.88 Å². The van der Waals surface area contributed by atoms with Gasteiger partial charge in [-0.2, -0.15) is 0 Å². The predicted octanol–water partition coefficient (Wildman–Crippen LogP) is 4.30. The Kier molecular flexibility index (Phi) is 5.44. The first-order valence-electron chi connectivity index (χ1n) is 8.98. The van der Waals surface area contributed by atoms with Crippen molar-refractivity contribution in [1.82, 2.24) is 19.9 Å². The number of hydrogen-bond donors (Lipinski definition) is 1. The minimum atomic E-state index is -0.694. The second-order valence-electron chi connectivity index (χ2n) is 6.74. The number of amides is 1. The number of rotatable bonds is 5. The standard InChI is InChI=1S/C20H16Cl2FN5O2/c1-3-15(29)28-7-11(8-28)30-20-10(2)6-14-18(27-20)19(25-9-24-14)26-13-5-4-12(21)16(22)17(13)23/h3-6,9,11H,1,7-8H2,2H3,(H,24,25,26). The molecule has 1 aliphatic rings. The summed E-state index contributed by atoms with van der Waals surface area (Å²) in [6.07, 6.45) is 2.45. The molecule has 3 heterocycles. The number of hydrogen-bond acceptors (Lipinski definition) is 6. The van der Waals surface area contributed by atoms with Gasteiger partial charge in [-0.25, -0.2) is 19.3 Å². The minimum Gasteiger partial charge on any atom is -0.470 e. The average Bonchev–Trinajstić information content (AvgIpc) is 2.70. The molecule has 4 rings (SSSR count). The highest BCUT2D eigenvalue weighted by atomic mass is 35.5. The summed E-state index contributed by atoms with van der Waals surface area (Å²) in [5.41, 5.74) is 1.85. The average molecular weight is 448 g/mol. The van der Waals surface area contributed by atoms with Crippen molar-refractivity contribution in [1.29, 1.82) is 0 Å². The van der Waals surface area contributed by atoms with E-state index in [4.69, 9.17) is 27.9 Å². The van der Waals surface area contributed by atoms with Gasteiger partial charge in [-0.3, -0.25) is 4.79 Å². The summed E-state index contributed by atoms with van der Waals surface area (Å²) in [5.74, 6) is -0.146. The van der Waals surface area contributed by atoms with Crippen LogP contribution in [0.4, 0.5) is 15.9 Å². The molecule has 0 saturated carbocycles. The normalized spacial score (nSPS) is 13.8. The van der Waals surface area contributed by atoms with Crippen LogP contribution in [-0.2, 0) is 4.79 Å². The third kappa shape index (κ3) is 3.76. The number of benzene rings is 1. The quantitative estimate of drug-likeness (QED) is 0.463. The maximum Gasteiger partial charge on any atom is 0.246 e. The van der Waals surface area contributed by atoms with Gasteiger partial charge in [0.2, 0.25) is 11.8 Å². The minimum absolute atomic E-state index is 0.104. The maximum absolute atomic E-state index is 14.4. The Morgan fingerprint density at radius 3 is 2.87 bits per heavy atom. The number of halogens is 3. The third-order valence-corrected chi connectivity index (χ3v) is 5.44. The van der Waals surface area contributed by atoms with E-state index in [1.165, 1.54) is 24.5 Å². The molecule has 0 spiro atoms. The number of nitrogens with zero attached hydrogens (tertiary/aromatic N) is 4. The lowest BCUT2D eigenvalue weighted by Gasteiger charge is -2.38. The zero-order valence-corrected chi connectivity index (χ0v) is 17.3. The Bertz CT molecular complexity index is 1170. The van der Waals surface area contributed by atoms with Gasteiger partial charge in [-0.05, 0) is 31.2 Å². The first-order chi connectivity index (χ1) is 14.4. The Hall–Kier alpha value is -2.97. The van der Waals surface area contributed by atoms with Crippen molar-refractivity contribution in [3.8, 4) is 5.88 Å². The molecule has 30 heavy (non-hydrogen) atoms. The maximum atomic E-state index is 14.4. The first kappa shape index (κ1) is 20.3. The molecule has 2 aromatic heterocycles. The second kappa shape index (κ2) is 8.04. The topological polar surface area (TPSA) is 80.2 Å². The fraction of sp³-hybridized carbons (Fsp3) is 0.200. The zero-order chi connectivity index (χ0) is 21.4. The van der Waals surface area contributed by atoms with Crippen LogP contribution in [0, 0.1) is 12.7 Å². The molecular weight excluding hydrogens is 432 g/mol. The molecule has 1 aromatic carbocycles. The molecule has 0 radical (unpaired) electrons. The van der Waals surface area contributed by atoms with Gasteiger partial charge in [0.05, 0.1) is 34.3 Å². The van der Waals surface area contributed by atoms with E-state index in [1.807, 2.05) is 6.92 Å². The highest BCUT2D eigenvalue weighted by Crippen LogP contribution is 2.33. The number of ether oxygens (including phenoxy) is 1. The van der Waals surface area contributed by atoms with Gasteiger partial charge < -0.3 is 15.0 Å². The molecule has 1 saturated heterocycles. The lowest BCUT2D eigenvalue weighted by molar-refractivity contribution is -0.134. The Morgan fingerprint density at radius 1 is 1.37 bits per heavy atom. The van der Waals surface area contributed by atoms with Crippen molar-refractivity contribution in [2.75, 3.05) is 18.4 Å². The Balaban J connectivity index is 1.62. The molecule has 0 unspecified atom stereocenters. The van der Waals surface area contributed by atoms with Crippen molar-refractivity contribution < 1.29 is 13.9 Å². The van der Waals surface area contributed by atoms with Crippen molar-refractivity contribution >= 4 is 51.6 Å². The molecule has 0 atom stereocenters. The highest BCUT2D eigenvalue weighted by molar-refractivity contribution is 6.42. The number of fused-ring (bicyclic) bond motifs is 1. The van der Waals surface area contributed by atoms with E-state index >= 15 is 0 Å². The van der Waals surface area contributed by atoms with Crippen LogP contribution >= 0.6 is 23.2 Å². The van der Waals surface area contributed by atoms with Crippen LogP contribution in [0.25, 0.3) is 11.0 Å². The van der Waals surface area contributed by atoms with Gasteiger partial charge in [0.15, 0.2) is 11.6 Å². The van der Waals surface area contributed by atoms with Gasteiger partial charge in [0.25, 0.3) is 0 Å². The van der Waals surface area contributed by atoms with E-state index in [2.05, 4.69) is 26.8 Å². The molecule has 1 N–H and O–H groups in total. The van der Waals surface area contributed by atoms with Crippen LogP contribution < -0.4 is 10.1 Å². The van der Waals surface area contributed by atoms with Crippen LogP contribution in [0.3, 0.4) is 0 Å². The predicted molar refractivity (Wildman–Crippen MR) is 113 cm³/mol. The number of likely N-dealkylation sites (tertiary alicyclic amines) is 1. The lowest BCUT2D eigenvalue weighted by atomic mass is 10.1. The van der Waals surface area contributed by atoms with Crippen LogP contribution in [0.15, 0.2) is 37.2 Å². The number of anilines is 2.